The van der Waals surface area contributed by atoms with Gasteiger partial charge >= 0.3 is 5.97 Å². The molecular weight excluding hydrogens is 420 g/mol. The first kappa shape index (κ1) is 23.6. The van der Waals surface area contributed by atoms with Crippen molar-refractivity contribution in [2.45, 2.75) is 31.4 Å². The van der Waals surface area contributed by atoms with Gasteiger partial charge in [-0.3, -0.25) is 28.9 Å². The van der Waals surface area contributed by atoms with E-state index in [2.05, 4.69) is 0 Å². The van der Waals surface area contributed by atoms with Crippen LogP contribution in [0.1, 0.15) is 35.2 Å². The predicted octanol–water partition coefficient (Wildman–Crippen LogP) is -0.440. The van der Waals surface area contributed by atoms with Gasteiger partial charge in [0.25, 0.3) is 0 Å². The smallest absolute Gasteiger partial charge is 0.314 e. The molecule has 0 aromatic heterocycles. The molecule has 2 aliphatic rings. The summed E-state index contributed by atoms with van der Waals surface area (Å²) in [5.41, 5.74) is 5.51. The van der Waals surface area contributed by atoms with Crippen LogP contribution in [0.5, 0.6) is 5.75 Å². The zero-order valence-electron chi connectivity index (χ0n) is 17.9. The molecule has 1 fully saturated rings. The predicted molar refractivity (Wildman–Crippen MR) is 110 cm³/mol. The van der Waals surface area contributed by atoms with Gasteiger partial charge in [-0.2, -0.15) is 0 Å². The first-order valence-electron chi connectivity index (χ1n) is 10.2. The molecule has 172 valence electrons. The lowest BCUT2D eigenvalue weighted by Crippen LogP contribution is -2.60. The second kappa shape index (κ2) is 8.44. The van der Waals surface area contributed by atoms with Gasteiger partial charge in [-0.15, -0.1) is 0 Å². The maximum atomic E-state index is 13.1. The number of aromatic hydroxyl groups is 1. The topological polar surface area (TPSA) is 175 Å². The van der Waals surface area contributed by atoms with Crippen LogP contribution in [0.2, 0.25) is 0 Å². The zero-order chi connectivity index (χ0) is 24.1. The van der Waals surface area contributed by atoms with Gasteiger partial charge in [-0.1, -0.05) is 19.1 Å². The first-order chi connectivity index (χ1) is 14.9. The van der Waals surface area contributed by atoms with E-state index in [1.165, 1.54) is 31.1 Å². The van der Waals surface area contributed by atoms with Gasteiger partial charge in [0.2, 0.25) is 5.91 Å². The van der Waals surface area contributed by atoms with Crippen LogP contribution >= 0.6 is 0 Å². The van der Waals surface area contributed by atoms with Gasteiger partial charge in [-0.05, 0) is 31.6 Å². The number of nitrogens with two attached hydrogens (primary N) is 1. The highest BCUT2D eigenvalue weighted by Gasteiger charge is 2.55. The van der Waals surface area contributed by atoms with E-state index >= 15 is 0 Å². The lowest BCUT2D eigenvalue weighted by molar-refractivity contribution is -0.152. The Bertz CT molecular complexity index is 1000. The summed E-state index contributed by atoms with van der Waals surface area (Å²) in [5.74, 6) is -11.5. The molecule has 1 aromatic rings. The third-order valence-electron chi connectivity index (χ3n) is 6.74. The molecule has 1 aromatic carbocycles. The highest BCUT2D eigenvalue weighted by Crippen LogP contribution is 2.47. The summed E-state index contributed by atoms with van der Waals surface area (Å²) in [5, 5.41) is 31.4. The van der Waals surface area contributed by atoms with Crippen LogP contribution in [-0.2, 0) is 19.2 Å². The van der Waals surface area contributed by atoms with Crippen LogP contribution in [0.25, 0.3) is 0 Å². The number of benzene rings is 1. The van der Waals surface area contributed by atoms with Gasteiger partial charge in [0, 0.05) is 18.3 Å². The molecule has 0 spiro atoms. The Morgan fingerprint density at radius 2 is 1.81 bits per heavy atom. The Kier molecular flexibility index (Phi) is 6.21. The van der Waals surface area contributed by atoms with E-state index in [9.17, 15) is 39.3 Å². The standard InChI is InChI=1S/C22H26N2O8/c1-8-9-5-4-6-11(25)14(9)19(28)16(22(31)32)13(8)18(27)10-7-12(26)15(21(23)30)20(29)17(10)24(2)3/h4-6,8,10,13,15-18,25,27H,7H2,1-3H3,(H2,23,30)(H,31,32)/t8?,10-,13?,15?,16?,17+,18-/m1/s1. The van der Waals surface area contributed by atoms with Crippen molar-refractivity contribution in [1.29, 1.82) is 0 Å². The molecule has 0 saturated heterocycles. The summed E-state index contributed by atoms with van der Waals surface area (Å²) in [6, 6.07) is 3.28. The maximum absolute atomic E-state index is 13.1. The Balaban J connectivity index is 2.09. The van der Waals surface area contributed by atoms with Crippen molar-refractivity contribution >= 4 is 29.2 Å². The highest BCUT2D eigenvalue weighted by atomic mass is 16.4. The van der Waals surface area contributed by atoms with Crippen LogP contribution < -0.4 is 5.73 Å². The van der Waals surface area contributed by atoms with Gasteiger partial charge in [0.1, 0.15) is 11.7 Å². The summed E-state index contributed by atoms with van der Waals surface area (Å²) < 4.78 is 0. The second-order valence-electron chi connectivity index (χ2n) is 8.76. The second-order valence-corrected chi connectivity index (χ2v) is 8.76. The van der Waals surface area contributed by atoms with Crippen molar-refractivity contribution in [3.8, 4) is 5.75 Å². The fourth-order valence-electron chi connectivity index (χ4n) is 5.33. The average Bonchev–Trinajstić information content (AvgIpc) is 2.68. The summed E-state index contributed by atoms with van der Waals surface area (Å²) in [6.45, 7) is 1.62. The monoisotopic (exact) mass is 446 g/mol. The zero-order valence-corrected chi connectivity index (χ0v) is 17.9. The Morgan fingerprint density at radius 3 is 2.34 bits per heavy atom. The fraction of sp³-hybridized carbons (Fsp3) is 0.500. The largest absolute Gasteiger partial charge is 0.507 e. The minimum absolute atomic E-state index is 0.107. The lowest BCUT2D eigenvalue weighted by Gasteiger charge is -2.45. The summed E-state index contributed by atoms with van der Waals surface area (Å²) in [7, 11) is 3.07. The Hall–Kier alpha value is -3.11. The van der Waals surface area contributed by atoms with Crippen LogP contribution in [0, 0.1) is 23.7 Å². The Labute approximate surface area is 184 Å². The number of carboxylic acid groups (broad SMARTS) is 1. The van der Waals surface area contributed by atoms with E-state index in [-0.39, 0.29) is 17.7 Å². The normalized spacial score (nSPS) is 31.3. The van der Waals surface area contributed by atoms with Gasteiger partial charge in [0.15, 0.2) is 23.3 Å². The van der Waals surface area contributed by atoms with Gasteiger partial charge in [-0.25, -0.2) is 0 Å². The minimum atomic E-state index is -1.69. The van der Waals surface area contributed by atoms with E-state index in [1.807, 2.05) is 0 Å². The van der Waals surface area contributed by atoms with E-state index in [1.54, 1.807) is 13.0 Å². The molecule has 1 amide bonds. The van der Waals surface area contributed by atoms with Crippen molar-refractivity contribution in [3.05, 3.63) is 29.3 Å². The maximum Gasteiger partial charge on any atom is 0.314 e. The molecule has 0 aliphatic heterocycles. The molecule has 32 heavy (non-hydrogen) atoms. The van der Waals surface area contributed by atoms with Crippen LogP contribution in [0.15, 0.2) is 18.2 Å². The number of nitrogens with zero attached hydrogens (tertiary/aromatic N) is 1. The number of fused-ring (bicyclic) bond motifs is 1. The van der Waals surface area contributed by atoms with E-state index in [0.29, 0.717) is 5.56 Å². The summed E-state index contributed by atoms with van der Waals surface area (Å²) >= 11 is 0. The number of carbonyl (C=O) groups is 5. The van der Waals surface area contributed by atoms with Crippen molar-refractivity contribution in [2.75, 3.05) is 14.1 Å². The molecule has 0 heterocycles. The number of carboxylic acids is 1. The number of aliphatic carboxylic acids is 1. The first-order valence-corrected chi connectivity index (χ1v) is 10.2. The molecule has 10 heteroatoms. The summed E-state index contributed by atoms with van der Waals surface area (Å²) in [6.07, 6.45) is -1.92. The number of phenolic OH excluding ortho intramolecular Hbond substituents is 1. The number of rotatable bonds is 5. The van der Waals surface area contributed by atoms with Crippen molar-refractivity contribution < 1.29 is 39.3 Å². The van der Waals surface area contributed by atoms with Crippen LogP contribution in [-0.4, -0.2) is 75.7 Å². The Morgan fingerprint density at radius 1 is 1.19 bits per heavy atom. The summed E-state index contributed by atoms with van der Waals surface area (Å²) in [4.78, 5) is 63.8. The number of hydrogen-bond acceptors (Lipinski definition) is 8. The molecule has 10 nitrogen and oxygen atoms in total. The number of aliphatic hydroxyl groups excluding tert-OH is 1. The number of hydrogen-bond donors (Lipinski definition) is 4. The van der Waals surface area contributed by atoms with E-state index < -0.39 is 71.0 Å². The number of primary amides is 1. The number of likely N-dealkylation sites (N-methyl/N-ethyl adjacent to an activating group) is 1. The molecule has 7 atom stereocenters. The average molecular weight is 446 g/mol. The van der Waals surface area contributed by atoms with Crippen molar-refractivity contribution in [3.63, 3.8) is 0 Å². The molecule has 1 saturated carbocycles. The quantitative estimate of drug-likeness (QED) is 0.437. The molecule has 4 unspecified atom stereocenters. The SMILES string of the molecule is CC1c2cccc(O)c2C(=O)C(C(=O)O)C1[C@H](O)[C@@H]1CC(=O)C(C(N)=O)C(=O)[C@H]1N(C)C. The molecular formula is C22H26N2O8. The number of aliphatic hydroxyl groups is 1. The third-order valence-corrected chi connectivity index (χ3v) is 6.74. The minimum Gasteiger partial charge on any atom is -0.507 e. The highest BCUT2D eigenvalue weighted by molar-refractivity contribution is 6.21. The van der Waals surface area contributed by atoms with Gasteiger partial charge < -0.3 is 21.1 Å². The number of phenols is 1. The molecule has 0 bridgehead atoms. The van der Waals surface area contributed by atoms with Crippen molar-refractivity contribution in [1.82, 2.24) is 4.90 Å². The fourth-order valence-corrected chi connectivity index (χ4v) is 5.33. The van der Waals surface area contributed by atoms with E-state index in [4.69, 9.17) is 5.73 Å². The molecule has 3 rings (SSSR count). The number of ketones is 3. The lowest BCUT2D eigenvalue weighted by atomic mass is 9.61. The number of carbonyl (C=O) groups excluding carboxylic acids is 4. The van der Waals surface area contributed by atoms with Gasteiger partial charge in [0.05, 0.1) is 17.7 Å². The molecule has 2 aliphatic carbocycles. The number of amides is 1. The van der Waals surface area contributed by atoms with Crippen molar-refractivity contribution in [2.24, 2.45) is 29.4 Å². The van der Waals surface area contributed by atoms with Crippen LogP contribution in [0.4, 0.5) is 0 Å². The van der Waals surface area contributed by atoms with E-state index in [0.717, 1.165) is 0 Å². The molecule has 5 N–H and O–H groups in total. The number of Topliss-reactive ketones (excluding diaryl/α,β-unsaturated/α-hetero) is 3. The third kappa shape index (κ3) is 3.59. The van der Waals surface area contributed by atoms with Crippen LogP contribution in [0.3, 0.4) is 0 Å². The molecule has 0 radical (unpaired) electrons.